The van der Waals surface area contributed by atoms with Crippen LogP contribution in [-0.4, -0.2) is 19.5 Å². The minimum Gasteiger partial charge on any atom is -0.496 e. The van der Waals surface area contributed by atoms with E-state index in [2.05, 4.69) is 29.2 Å². The number of nitrogens with one attached hydrogen (secondary N) is 1. The quantitative estimate of drug-likeness (QED) is 0.668. The first-order chi connectivity index (χ1) is 10.2. The summed E-state index contributed by atoms with van der Waals surface area (Å²) in [6, 6.07) is 14.4. The van der Waals surface area contributed by atoms with Crippen LogP contribution in [0.4, 0.5) is 5.69 Å². The molecule has 0 spiro atoms. The summed E-state index contributed by atoms with van der Waals surface area (Å²) in [4.78, 5) is 2.37. The number of methoxy groups -OCH3 is 1. The van der Waals surface area contributed by atoms with Crippen molar-refractivity contribution < 1.29 is 4.74 Å². The van der Waals surface area contributed by atoms with Gasteiger partial charge in [-0.15, -0.1) is 0 Å². The molecule has 0 bridgehead atoms. The molecule has 2 aromatic rings. The Bertz CT molecular complexity index is 681. The number of amidine groups is 1. The van der Waals surface area contributed by atoms with Crippen LogP contribution in [0.2, 0.25) is 0 Å². The van der Waals surface area contributed by atoms with Crippen molar-refractivity contribution in [2.75, 3.05) is 18.6 Å². The van der Waals surface area contributed by atoms with Gasteiger partial charge in [-0.25, -0.2) is 0 Å². The van der Waals surface area contributed by atoms with Crippen molar-refractivity contribution in [1.29, 1.82) is 5.41 Å². The third kappa shape index (κ3) is 2.57. The molecule has 0 fully saturated rings. The van der Waals surface area contributed by atoms with Gasteiger partial charge >= 0.3 is 0 Å². The third-order valence-electron chi connectivity index (χ3n) is 3.91. The first-order valence-electron chi connectivity index (χ1n) is 7.03. The Hall–Kier alpha value is -2.49. The average Bonchev–Trinajstić information content (AvgIpc) is 2.90. The van der Waals surface area contributed by atoms with Crippen LogP contribution in [0.3, 0.4) is 0 Å². The molecule has 0 aliphatic carbocycles. The minimum absolute atomic E-state index is 0.0323. The van der Waals surface area contributed by atoms with Gasteiger partial charge in [0.25, 0.3) is 0 Å². The van der Waals surface area contributed by atoms with E-state index in [0.29, 0.717) is 11.3 Å². The molecule has 0 unspecified atom stereocenters. The van der Waals surface area contributed by atoms with Crippen LogP contribution < -0.4 is 15.4 Å². The first kappa shape index (κ1) is 13.5. The van der Waals surface area contributed by atoms with Crippen molar-refractivity contribution in [3.8, 4) is 5.75 Å². The second-order valence-corrected chi connectivity index (χ2v) is 5.25. The lowest BCUT2D eigenvalue weighted by molar-refractivity contribution is 0.413. The van der Waals surface area contributed by atoms with Gasteiger partial charge in [0.15, 0.2) is 0 Å². The van der Waals surface area contributed by atoms with Gasteiger partial charge in [0.2, 0.25) is 0 Å². The molecule has 1 aliphatic heterocycles. The van der Waals surface area contributed by atoms with Crippen molar-refractivity contribution in [2.45, 2.75) is 13.0 Å². The summed E-state index contributed by atoms with van der Waals surface area (Å²) in [6.07, 6.45) is 1.10. The summed E-state index contributed by atoms with van der Waals surface area (Å²) >= 11 is 0. The Kier molecular flexibility index (Phi) is 3.52. The van der Waals surface area contributed by atoms with E-state index in [4.69, 9.17) is 15.9 Å². The largest absolute Gasteiger partial charge is 0.496 e. The van der Waals surface area contributed by atoms with E-state index in [1.807, 2.05) is 18.2 Å². The van der Waals surface area contributed by atoms with Crippen LogP contribution >= 0.6 is 0 Å². The van der Waals surface area contributed by atoms with E-state index in [9.17, 15) is 0 Å². The Morgan fingerprint density at radius 1 is 1.29 bits per heavy atom. The normalized spacial score (nSPS) is 13.1. The van der Waals surface area contributed by atoms with Gasteiger partial charge in [0.1, 0.15) is 11.6 Å². The molecular weight excluding hydrogens is 262 g/mol. The lowest BCUT2D eigenvalue weighted by Gasteiger charge is -2.20. The van der Waals surface area contributed by atoms with Gasteiger partial charge in [-0.1, -0.05) is 24.3 Å². The Morgan fingerprint density at radius 2 is 2.10 bits per heavy atom. The van der Waals surface area contributed by atoms with E-state index in [1.165, 1.54) is 11.3 Å². The topological polar surface area (TPSA) is 62.3 Å². The molecule has 2 aromatic carbocycles. The molecular formula is C17H19N3O. The maximum Gasteiger partial charge on any atom is 0.130 e. The SMILES string of the molecule is COc1cc(CN2CCc3ccccc32)ccc1C(=N)N. The number of hydrogen-bond acceptors (Lipinski definition) is 3. The molecule has 0 aromatic heterocycles. The highest BCUT2D eigenvalue weighted by atomic mass is 16.5. The van der Waals surface area contributed by atoms with Gasteiger partial charge in [-0.3, -0.25) is 5.41 Å². The molecule has 3 N–H and O–H groups in total. The fourth-order valence-corrected chi connectivity index (χ4v) is 2.85. The fraction of sp³-hybridized carbons (Fsp3) is 0.235. The zero-order valence-corrected chi connectivity index (χ0v) is 12.1. The maximum absolute atomic E-state index is 7.56. The number of benzene rings is 2. The standard InChI is InChI=1S/C17H19N3O/c1-21-16-10-12(6-7-14(16)17(18)19)11-20-9-8-13-4-2-3-5-15(13)20/h2-7,10H,8-9,11H2,1H3,(H3,18,19). The molecule has 21 heavy (non-hydrogen) atoms. The molecule has 1 heterocycles. The Balaban J connectivity index is 1.85. The summed E-state index contributed by atoms with van der Waals surface area (Å²) < 4.78 is 5.34. The second kappa shape index (κ2) is 5.48. The van der Waals surface area contributed by atoms with E-state index >= 15 is 0 Å². The molecule has 0 saturated carbocycles. The molecule has 0 saturated heterocycles. The van der Waals surface area contributed by atoms with Crippen LogP contribution in [0.1, 0.15) is 16.7 Å². The number of nitrogen functional groups attached to an aromatic ring is 1. The van der Waals surface area contributed by atoms with Gasteiger partial charge in [0.05, 0.1) is 12.7 Å². The summed E-state index contributed by atoms with van der Waals surface area (Å²) in [7, 11) is 1.61. The Labute approximate surface area is 124 Å². The monoisotopic (exact) mass is 281 g/mol. The summed E-state index contributed by atoms with van der Waals surface area (Å²) in [5.41, 5.74) is 10.1. The van der Waals surface area contributed by atoms with Crippen molar-refractivity contribution in [3.63, 3.8) is 0 Å². The highest BCUT2D eigenvalue weighted by molar-refractivity contribution is 5.97. The van der Waals surface area contributed by atoms with E-state index in [-0.39, 0.29) is 5.84 Å². The second-order valence-electron chi connectivity index (χ2n) is 5.25. The summed E-state index contributed by atoms with van der Waals surface area (Å²) in [6.45, 7) is 1.88. The molecule has 4 nitrogen and oxygen atoms in total. The van der Waals surface area contributed by atoms with Crippen LogP contribution in [0.5, 0.6) is 5.75 Å². The van der Waals surface area contributed by atoms with Crippen LogP contribution in [0.15, 0.2) is 42.5 Å². The highest BCUT2D eigenvalue weighted by Crippen LogP contribution is 2.29. The zero-order valence-electron chi connectivity index (χ0n) is 12.1. The van der Waals surface area contributed by atoms with Gasteiger partial charge < -0.3 is 15.4 Å². The number of anilines is 1. The summed E-state index contributed by atoms with van der Waals surface area (Å²) in [5, 5.41) is 7.56. The third-order valence-corrected chi connectivity index (χ3v) is 3.91. The number of hydrogen-bond donors (Lipinski definition) is 2. The molecule has 1 aliphatic rings. The molecule has 108 valence electrons. The zero-order chi connectivity index (χ0) is 14.8. The predicted octanol–water partition coefficient (Wildman–Crippen LogP) is 2.54. The van der Waals surface area contributed by atoms with E-state index < -0.39 is 0 Å². The highest BCUT2D eigenvalue weighted by Gasteiger charge is 2.18. The van der Waals surface area contributed by atoms with Crippen molar-refractivity contribution >= 4 is 11.5 Å². The number of nitrogens with zero attached hydrogens (tertiary/aromatic N) is 1. The van der Waals surface area contributed by atoms with Crippen molar-refractivity contribution in [2.24, 2.45) is 5.73 Å². The lowest BCUT2D eigenvalue weighted by atomic mass is 10.1. The number of rotatable bonds is 4. The number of nitrogens with two attached hydrogens (primary N) is 1. The number of ether oxygens (including phenoxy) is 1. The lowest BCUT2D eigenvalue weighted by Crippen LogP contribution is -2.20. The van der Waals surface area contributed by atoms with Crippen molar-refractivity contribution in [1.82, 2.24) is 0 Å². The van der Waals surface area contributed by atoms with Gasteiger partial charge in [-0.05, 0) is 35.7 Å². The predicted molar refractivity (Wildman–Crippen MR) is 85.2 cm³/mol. The fourth-order valence-electron chi connectivity index (χ4n) is 2.85. The molecule has 4 heteroatoms. The summed E-state index contributed by atoms with van der Waals surface area (Å²) in [5.74, 6) is 0.692. The average molecular weight is 281 g/mol. The molecule has 0 radical (unpaired) electrons. The molecule has 3 rings (SSSR count). The Morgan fingerprint density at radius 3 is 2.86 bits per heavy atom. The first-order valence-corrected chi connectivity index (χ1v) is 7.03. The maximum atomic E-state index is 7.56. The van der Waals surface area contributed by atoms with Gasteiger partial charge in [0, 0.05) is 18.8 Å². The van der Waals surface area contributed by atoms with Crippen molar-refractivity contribution in [3.05, 3.63) is 59.2 Å². The van der Waals surface area contributed by atoms with Gasteiger partial charge in [-0.2, -0.15) is 0 Å². The molecule has 0 amide bonds. The smallest absolute Gasteiger partial charge is 0.130 e. The molecule has 0 atom stereocenters. The van der Waals surface area contributed by atoms with Crippen LogP contribution in [0, 0.1) is 5.41 Å². The van der Waals surface area contributed by atoms with Crippen LogP contribution in [-0.2, 0) is 13.0 Å². The minimum atomic E-state index is 0.0323. The van der Waals surface area contributed by atoms with E-state index in [0.717, 1.165) is 25.1 Å². The number of para-hydroxylation sites is 1. The van der Waals surface area contributed by atoms with Crippen LogP contribution in [0.25, 0.3) is 0 Å². The number of fused-ring (bicyclic) bond motifs is 1. The van der Waals surface area contributed by atoms with E-state index in [1.54, 1.807) is 7.11 Å².